The summed E-state index contributed by atoms with van der Waals surface area (Å²) < 4.78 is 0. The minimum atomic E-state index is -0.267. The summed E-state index contributed by atoms with van der Waals surface area (Å²) in [4.78, 5) is 26.7. The number of nitrogens with one attached hydrogen (secondary N) is 2. The molecule has 3 rings (SSSR count). The number of benzene rings is 3. The SMILES string of the molecule is CC.CCCCCN(C)C(=O)Nc1ccc(C(=O)Nc2cc(-c3ccccc3)ccc2N)cc1.CCCN. The highest BCUT2D eigenvalue weighted by atomic mass is 16.2. The Morgan fingerprint density at radius 1 is 0.816 bits per heavy atom. The molecule has 6 N–H and O–H groups in total. The number of carbonyl (C=O) groups is 2. The second-order valence-corrected chi connectivity index (χ2v) is 8.55. The second-order valence-electron chi connectivity index (χ2n) is 8.55. The Morgan fingerprint density at radius 3 is 2.03 bits per heavy atom. The van der Waals surface area contributed by atoms with Crippen LogP contribution in [0.2, 0.25) is 0 Å². The Labute approximate surface area is 228 Å². The first kappa shape index (κ1) is 32.2. The van der Waals surface area contributed by atoms with Crippen molar-refractivity contribution in [2.24, 2.45) is 5.73 Å². The van der Waals surface area contributed by atoms with Gasteiger partial charge < -0.3 is 27.0 Å². The second kappa shape index (κ2) is 18.4. The highest BCUT2D eigenvalue weighted by Crippen LogP contribution is 2.27. The largest absolute Gasteiger partial charge is 0.397 e. The molecule has 0 aliphatic carbocycles. The summed E-state index contributed by atoms with van der Waals surface area (Å²) in [6.07, 6.45) is 4.29. The number of amides is 3. The van der Waals surface area contributed by atoms with Gasteiger partial charge in [-0.05, 0) is 66.9 Å². The van der Waals surface area contributed by atoms with Gasteiger partial charge in [0, 0.05) is 24.8 Å². The summed E-state index contributed by atoms with van der Waals surface area (Å²) in [5.41, 5.74) is 15.3. The van der Waals surface area contributed by atoms with E-state index in [0.29, 0.717) is 29.2 Å². The average Bonchev–Trinajstić information content (AvgIpc) is 2.96. The molecule has 7 heteroatoms. The Morgan fingerprint density at radius 2 is 1.45 bits per heavy atom. The lowest BCUT2D eigenvalue weighted by Crippen LogP contribution is -2.32. The van der Waals surface area contributed by atoms with E-state index in [0.717, 1.165) is 43.4 Å². The molecule has 3 amide bonds. The van der Waals surface area contributed by atoms with Crippen molar-refractivity contribution in [1.29, 1.82) is 0 Å². The summed E-state index contributed by atoms with van der Waals surface area (Å²) >= 11 is 0. The maximum absolute atomic E-state index is 12.7. The van der Waals surface area contributed by atoms with Crippen LogP contribution in [0.15, 0.2) is 72.8 Å². The van der Waals surface area contributed by atoms with Crippen molar-refractivity contribution in [3.63, 3.8) is 0 Å². The van der Waals surface area contributed by atoms with Crippen LogP contribution in [0.3, 0.4) is 0 Å². The molecule has 7 nitrogen and oxygen atoms in total. The molecule has 0 aliphatic heterocycles. The van der Waals surface area contributed by atoms with Gasteiger partial charge in [0.1, 0.15) is 0 Å². The van der Waals surface area contributed by atoms with Gasteiger partial charge in [0.25, 0.3) is 5.91 Å². The zero-order valence-corrected chi connectivity index (χ0v) is 23.6. The van der Waals surface area contributed by atoms with Gasteiger partial charge in [-0.15, -0.1) is 0 Å². The van der Waals surface area contributed by atoms with E-state index in [1.807, 2.05) is 56.3 Å². The molecule has 3 aromatic carbocycles. The first-order valence-corrected chi connectivity index (χ1v) is 13.5. The van der Waals surface area contributed by atoms with Crippen LogP contribution in [0.5, 0.6) is 0 Å². The third-order valence-corrected chi connectivity index (χ3v) is 5.54. The van der Waals surface area contributed by atoms with Gasteiger partial charge in [-0.2, -0.15) is 0 Å². The molecule has 206 valence electrons. The number of hydrogen-bond acceptors (Lipinski definition) is 4. The Balaban J connectivity index is 0.00000110. The lowest BCUT2D eigenvalue weighted by atomic mass is 10.0. The smallest absolute Gasteiger partial charge is 0.321 e. The topological polar surface area (TPSA) is 113 Å². The maximum Gasteiger partial charge on any atom is 0.321 e. The summed E-state index contributed by atoms with van der Waals surface area (Å²) in [5, 5.41) is 5.74. The molecule has 0 atom stereocenters. The average molecular weight is 520 g/mol. The summed E-state index contributed by atoms with van der Waals surface area (Å²) in [6, 6.07) is 22.1. The molecule has 0 saturated carbocycles. The van der Waals surface area contributed by atoms with Gasteiger partial charge in [0.05, 0.1) is 11.4 Å². The van der Waals surface area contributed by atoms with Crippen molar-refractivity contribution in [2.75, 3.05) is 36.5 Å². The lowest BCUT2D eigenvalue weighted by molar-refractivity contribution is 0.102. The number of carbonyl (C=O) groups excluding carboxylic acids is 2. The van der Waals surface area contributed by atoms with E-state index >= 15 is 0 Å². The first-order chi connectivity index (χ1) is 18.4. The molecule has 38 heavy (non-hydrogen) atoms. The standard InChI is InChI=1S/C26H30N4O2.C3H9N.C2H6/c1-3-4-8-17-30(2)26(32)28-22-14-11-20(12-15-22)25(31)29-24-18-21(13-16-23(24)27)19-9-6-5-7-10-19;1-2-3-4;1-2/h5-7,9-16,18H,3-4,8,17,27H2,1-2H3,(H,28,32)(H,29,31);2-4H2,1H3;1-2H3. The minimum Gasteiger partial charge on any atom is -0.397 e. The highest BCUT2D eigenvalue weighted by Gasteiger charge is 2.12. The number of unbranched alkanes of at least 4 members (excludes halogenated alkanes) is 2. The number of urea groups is 1. The number of anilines is 3. The van der Waals surface area contributed by atoms with Gasteiger partial charge in [-0.25, -0.2) is 4.79 Å². The molecular weight excluding hydrogens is 474 g/mol. The molecule has 0 fully saturated rings. The minimum absolute atomic E-state index is 0.163. The predicted molar refractivity (Wildman–Crippen MR) is 163 cm³/mol. The van der Waals surface area contributed by atoms with E-state index in [1.165, 1.54) is 0 Å². The van der Waals surface area contributed by atoms with Gasteiger partial charge in [-0.3, -0.25) is 4.79 Å². The maximum atomic E-state index is 12.7. The molecule has 0 unspecified atom stereocenters. The Kier molecular flexibility index (Phi) is 15.6. The van der Waals surface area contributed by atoms with Crippen molar-refractivity contribution in [3.05, 3.63) is 78.4 Å². The van der Waals surface area contributed by atoms with Crippen molar-refractivity contribution in [3.8, 4) is 11.1 Å². The van der Waals surface area contributed by atoms with Gasteiger partial charge in [0.15, 0.2) is 0 Å². The monoisotopic (exact) mass is 519 g/mol. The van der Waals surface area contributed by atoms with E-state index in [-0.39, 0.29) is 11.9 Å². The predicted octanol–water partition coefficient (Wildman–Crippen LogP) is 7.22. The van der Waals surface area contributed by atoms with Crippen LogP contribution in [-0.2, 0) is 0 Å². The number of nitrogen functional groups attached to an aromatic ring is 1. The fourth-order valence-corrected chi connectivity index (χ4v) is 3.29. The van der Waals surface area contributed by atoms with E-state index in [9.17, 15) is 9.59 Å². The normalized spacial score (nSPS) is 9.74. The fraction of sp³-hybridized carbons (Fsp3) is 0.355. The highest BCUT2D eigenvalue weighted by molar-refractivity contribution is 6.06. The molecule has 0 aliphatic rings. The number of nitrogens with zero attached hydrogens (tertiary/aromatic N) is 1. The van der Waals surface area contributed by atoms with Crippen LogP contribution >= 0.6 is 0 Å². The zero-order chi connectivity index (χ0) is 28.3. The van der Waals surface area contributed by atoms with Crippen LogP contribution in [0.25, 0.3) is 11.1 Å². The first-order valence-electron chi connectivity index (χ1n) is 13.5. The van der Waals surface area contributed by atoms with E-state index in [1.54, 1.807) is 42.3 Å². The van der Waals surface area contributed by atoms with Gasteiger partial charge in [0.2, 0.25) is 0 Å². The van der Waals surface area contributed by atoms with Gasteiger partial charge >= 0.3 is 6.03 Å². The van der Waals surface area contributed by atoms with Crippen LogP contribution in [0.4, 0.5) is 21.9 Å². The number of hydrogen-bond donors (Lipinski definition) is 4. The Bertz CT molecular complexity index is 1080. The van der Waals surface area contributed by atoms with Crippen molar-refractivity contribution < 1.29 is 9.59 Å². The van der Waals surface area contributed by atoms with Gasteiger partial charge in [-0.1, -0.05) is 76.9 Å². The molecular formula is C31H45N5O2. The molecule has 0 heterocycles. The summed E-state index contributed by atoms with van der Waals surface area (Å²) in [7, 11) is 1.78. The summed E-state index contributed by atoms with van der Waals surface area (Å²) in [5.74, 6) is -0.267. The zero-order valence-electron chi connectivity index (χ0n) is 23.6. The van der Waals surface area contributed by atoms with Crippen molar-refractivity contribution in [1.82, 2.24) is 4.90 Å². The molecule has 0 aromatic heterocycles. The molecule has 0 radical (unpaired) electrons. The van der Waals surface area contributed by atoms with Crippen molar-refractivity contribution >= 4 is 29.0 Å². The van der Waals surface area contributed by atoms with E-state index in [4.69, 9.17) is 11.5 Å². The quantitative estimate of drug-likeness (QED) is 0.176. The van der Waals surface area contributed by atoms with Crippen molar-refractivity contribution in [2.45, 2.75) is 53.4 Å². The lowest BCUT2D eigenvalue weighted by Gasteiger charge is -2.18. The number of rotatable bonds is 9. The van der Waals surface area contributed by atoms with Crippen LogP contribution in [0.1, 0.15) is 63.7 Å². The van der Waals surface area contributed by atoms with E-state index < -0.39 is 0 Å². The van der Waals surface area contributed by atoms with Crippen LogP contribution in [0, 0.1) is 0 Å². The number of nitrogens with two attached hydrogens (primary N) is 2. The molecule has 0 bridgehead atoms. The van der Waals surface area contributed by atoms with Crippen LogP contribution < -0.4 is 22.1 Å². The summed E-state index contributed by atoms with van der Waals surface area (Å²) in [6.45, 7) is 9.72. The fourth-order valence-electron chi connectivity index (χ4n) is 3.29. The third-order valence-electron chi connectivity index (χ3n) is 5.54. The van der Waals surface area contributed by atoms with Crippen LogP contribution in [-0.4, -0.2) is 37.0 Å². The van der Waals surface area contributed by atoms with E-state index in [2.05, 4.69) is 24.5 Å². The third kappa shape index (κ3) is 11.0. The molecule has 0 saturated heterocycles. The Hall–Kier alpha value is -3.84. The molecule has 3 aromatic rings. The molecule has 0 spiro atoms.